The van der Waals surface area contributed by atoms with Gasteiger partial charge in [-0.25, -0.2) is 0 Å². The van der Waals surface area contributed by atoms with E-state index in [1.165, 1.54) is 5.56 Å². The predicted octanol–water partition coefficient (Wildman–Crippen LogP) is 2.02. The lowest BCUT2D eigenvalue weighted by molar-refractivity contribution is -0.0454. The Morgan fingerprint density at radius 3 is 2.92 bits per heavy atom. The first-order valence-electron chi connectivity index (χ1n) is 8.61. The highest BCUT2D eigenvalue weighted by Crippen LogP contribution is 2.37. The van der Waals surface area contributed by atoms with Crippen molar-refractivity contribution < 1.29 is 9.47 Å². The van der Waals surface area contributed by atoms with E-state index < -0.39 is 0 Å². The lowest BCUT2D eigenvalue weighted by Gasteiger charge is -2.38. The fourth-order valence-electron chi connectivity index (χ4n) is 3.77. The predicted molar refractivity (Wildman–Crippen MR) is 89.7 cm³/mol. The van der Waals surface area contributed by atoms with E-state index in [0.717, 1.165) is 44.6 Å². The molecule has 2 saturated heterocycles. The van der Waals surface area contributed by atoms with Crippen molar-refractivity contribution in [3.8, 4) is 5.75 Å². The van der Waals surface area contributed by atoms with Crippen LogP contribution < -0.4 is 4.74 Å². The summed E-state index contributed by atoms with van der Waals surface area (Å²) in [6.07, 6.45) is 10.8. The van der Waals surface area contributed by atoms with Crippen LogP contribution in [0.3, 0.4) is 0 Å². The standard InChI is InChI=1S/C18H24N4O2/c1-21-12-15(10-20-21)13-22-7-4-18(5-8-22)9-17(14-23-18)24-16-3-2-6-19-11-16/h2-3,6,10-12,17H,4-5,7-9,13-14H2,1H3/t17-/m1/s1. The second-order valence-corrected chi connectivity index (χ2v) is 6.93. The van der Waals surface area contributed by atoms with Crippen molar-refractivity contribution in [2.75, 3.05) is 19.7 Å². The van der Waals surface area contributed by atoms with Crippen LogP contribution in [0.4, 0.5) is 0 Å². The van der Waals surface area contributed by atoms with Gasteiger partial charge in [-0.2, -0.15) is 5.10 Å². The SMILES string of the molecule is Cn1cc(CN2CCC3(CC2)C[C@@H](Oc2cccnc2)CO3)cn1. The summed E-state index contributed by atoms with van der Waals surface area (Å²) in [5, 5.41) is 4.25. The Bertz CT molecular complexity index is 665. The van der Waals surface area contributed by atoms with E-state index in [1.54, 1.807) is 12.4 Å². The molecule has 6 nitrogen and oxygen atoms in total. The number of aromatic nitrogens is 3. The van der Waals surface area contributed by atoms with Crippen molar-refractivity contribution >= 4 is 0 Å². The summed E-state index contributed by atoms with van der Waals surface area (Å²) in [6.45, 7) is 3.78. The number of rotatable bonds is 4. The van der Waals surface area contributed by atoms with Gasteiger partial charge < -0.3 is 9.47 Å². The first-order valence-corrected chi connectivity index (χ1v) is 8.61. The third-order valence-corrected chi connectivity index (χ3v) is 5.04. The Morgan fingerprint density at radius 2 is 2.21 bits per heavy atom. The normalized spacial score (nSPS) is 23.6. The Hall–Kier alpha value is -1.92. The van der Waals surface area contributed by atoms with Crippen LogP contribution in [0.5, 0.6) is 5.75 Å². The average molecular weight is 328 g/mol. The molecule has 2 fully saturated rings. The Labute approximate surface area is 142 Å². The maximum Gasteiger partial charge on any atom is 0.138 e. The van der Waals surface area contributed by atoms with Crippen molar-refractivity contribution in [1.82, 2.24) is 19.7 Å². The van der Waals surface area contributed by atoms with Crippen molar-refractivity contribution in [3.63, 3.8) is 0 Å². The highest BCUT2D eigenvalue weighted by atomic mass is 16.6. The highest BCUT2D eigenvalue weighted by Gasteiger charge is 2.43. The number of likely N-dealkylation sites (tertiary alicyclic amines) is 1. The number of pyridine rings is 1. The number of aryl methyl sites for hydroxylation is 1. The fourth-order valence-corrected chi connectivity index (χ4v) is 3.77. The molecule has 2 aliphatic heterocycles. The zero-order valence-electron chi connectivity index (χ0n) is 14.1. The van der Waals surface area contributed by atoms with Crippen LogP contribution in [0, 0.1) is 0 Å². The molecule has 4 heterocycles. The maximum atomic E-state index is 6.18. The van der Waals surface area contributed by atoms with Gasteiger partial charge in [-0.05, 0) is 25.0 Å². The van der Waals surface area contributed by atoms with E-state index in [-0.39, 0.29) is 11.7 Å². The second-order valence-electron chi connectivity index (χ2n) is 6.93. The van der Waals surface area contributed by atoms with Gasteiger partial charge in [-0.3, -0.25) is 14.6 Å². The summed E-state index contributed by atoms with van der Waals surface area (Å²) in [4.78, 5) is 6.59. The minimum Gasteiger partial charge on any atom is -0.486 e. The van der Waals surface area contributed by atoms with Crippen molar-refractivity contribution in [3.05, 3.63) is 42.5 Å². The van der Waals surface area contributed by atoms with Gasteiger partial charge in [0.25, 0.3) is 0 Å². The molecule has 0 saturated carbocycles. The molecule has 0 aromatic carbocycles. The largest absolute Gasteiger partial charge is 0.486 e. The molecule has 2 aliphatic rings. The molecule has 4 rings (SSSR count). The summed E-state index contributed by atoms with van der Waals surface area (Å²) in [6, 6.07) is 3.85. The lowest BCUT2D eigenvalue weighted by Crippen LogP contribution is -2.44. The first-order chi connectivity index (χ1) is 11.7. The average Bonchev–Trinajstić information content (AvgIpc) is 3.18. The van der Waals surface area contributed by atoms with E-state index >= 15 is 0 Å². The van der Waals surface area contributed by atoms with Crippen molar-refractivity contribution in [1.29, 1.82) is 0 Å². The van der Waals surface area contributed by atoms with Crippen LogP contribution in [-0.2, 0) is 18.3 Å². The zero-order valence-corrected chi connectivity index (χ0v) is 14.1. The molecule has 0 bridgehead atoms. The lowest BCUT2D eigenvalue weighted by atomic mass is 9.88. The van der Waals surface area contributed by atoms with Crippen molar-refractivity contribution in [2.45, 2.75) is 37.5 Å². The van der Waals surface area contributed by atoms with Crippen LogP contribution in [0.15, 0.2) is 36.9 Å². The van der Waals surface area contributed by atoms with Gasteiger partial charge in [-0.15, -0.1) is 0 Å². The number of nitrogens with zero attached hydrogens (tertiary/aromatic N) is 4. The number of ether oxygens (including phenoxy) is 2. The molecule has 2 aromatic rings. The summed E-state index contributed by atoms with van der Waals surface area (Å²) < 4.78 is 14.1. The minimum absolute atomic E-state index is 0.00167. The van der Waals surface area contributed by atoms with Crippen LogP contribution >= 0.6 is 0 Å². The third kappa shape index (κ3) is 3.44. The summed E-state index contributed by atoms with van der Waals surface area (Å²) in [5.41, 5.74) is 1.27. The summed E-state index contributed by atoms with van der Waals surface area (Å²) >= 11 is 0. The molecule has 1 spiro atoms. The van der Waals surface area contributed by atoms with Gasteiger partial charge in [0.2, 0.25) is 0 Å². The molecule has 128 valence electrons. The highest BCUT2D eigenvalue weighted by molar-refractivity contribution is 5.16. The van der Waals surface area contributed by atoms with Crippen LogP contribution in [0.2, 0.25) is 0 Å². The van der Waals surface area contributed by atoms with E-state index in [4.69, 9.17) is 9.47 Å². The zero-order chi connectivity index (χ0) is 16.4. The van der Waals surface area contributed by atoms with Gasteiger partial charge in [0, 0.05) is 51.1 Å². The third-order valence-electron chi connectivity index (χ3n) is 5.04. The second kappa shape index (κ2) is 6.53. The fraction of sp³-hybridized carbons (Fsp3) is 0.556. The monoisotopic (exact) mass is 328 g/mol. The van der Waals surface area contributed by atoms with E-state index in [1.807, 2.05) is 30.1 Å². The molecule has 1 atom stereocenters. The molecule has 0 N–H and O–H groups in total. The van der Waals surface area contributed by atoms with Gasteiger partial charge in [-0.1, -0.05) is 0 Å². The minimum atomic E-state index is -0.00167. The van der Waals surface area contributed by atoms with Crippen molar-refractivity contribution in [2.24, 2.45) is 7.05 Å². The van der Waals surface area contributed by atoms with Gasteiger partial charge in [0.15, 0.2) is 0 Å². The Morgan fingerprint density at radius 1 is 1.33 bits per heavy atom. The van der Waals surface area contributed by atoms with E-state index in [9.17, 15) is 0 Å². The molecule has 0 radical (unpaired) electrons. The van der Waals surface area contributed by atoms with Gasteiger partial charge >= 0.3 is 0 Å². The van der Waals surface area contributed by atoms with Crippen LogP contribution in [0.1, 0.15) is 24.8 Å². The number of hydrogen-bond acceptors (Lipinski definition) is 5. The van der Waals surface area contributed by atoms with Crippen LogP contribution in [-0.4, -0.2) is 51.1 Å². The summed E-state index contributed by atoms with van der Waals surface area (Å²) in [5.74, 6) is 0.831. The molecule has 6 heteroatoms. The molecule has 0 unspecified atom stereocenters. The van der Waals surface area contributed by atoms with E-state index in [0.29, 0.717) is 6.61 Å². The first kappa shape index (κ1) is 15.6. The molecule has 24 heavy (non-hydrogen) atoms. The van der Waals surface area contributed by atoms with E-state index in [2.05, 4.69) is 21.2 Å². The summed E-state index contributed by atoms with van der Waals surface area (Å²) in [7, 11) is 1.96. The quantitative estimate of drug-likeness (QED) is 0.859. The molecular formula is C18H24N4O2. The van der Waals surface area contributed by atoms with Gasteiger partial charge in [0.1, 0.15) is 11.9 Å². The maximum absolute atomic E-state index is 6.18. The topological polar surface area (TPSA) is 52.4 Å². The number of hydrogen-bond donors (Lipinski definition) is 0. The Kier molecular flexibility index (Phi) is 4.24. The van der Waals surface area contributed by atoms with Gasteiger partial charge in [0.05, 0.1) is 24.6 Å². The smallest absolute Gasteiger partial charge is 0.138 e. The molecule has 2 aromatic heterocycles. The Balaban J connectivity index is 1.29. The molecule has 0 aliphatic carbocycles. The molecule has 0 amide bonds. The molecular weight excluding hydrogens is 304 g/mol. The number of piperidine rings is 1. The van der Waals surface area contributed by atoms with Crippen LogP contribution in [0.25, 0.3) is 0 Å².